The third-order valence-electron chi connectivity index (χ3n) is 5.84. The van der Waals surface area contributed by atoms with Crippen LogP contribution >= 0.6 is 0 Å². The highest BCUT2D eigenvalue weighted by Crippen LogP contribution is 2.34. The number of benzene rings is 3. The predicted molar refractivity (Wildman–Crippen MR) is 128 cm³/mol. The van der Waals surface area contributed by atoms with Crippen LogP contribution in [0.5, 0.6) is 0 Å². The molecule has 0 fully saturated rings. The van der Waals surface area contributed by atoms with Crippen LogP contribution in [0.4, 0.5) is 5.82 Å². The fourth-order valence-corrected chi connectivity index (χ4v) is 5.71. The Bertz CT molecular complexity index is 1370. The third-order valence-corrected chi connectivity index (χ3v) is 7.28. The Labute approximate surface area is 192 Å². The van der Waals surface area contributed by atoms with E-state index in [-0.39, 0.29) is 17.4 Å². The quantitative estimate of drug-likeness (QED) is 0.482. The molecule has 5 rings (SSSR count). The smallest absolute Gasteiger partial charge is 0.237 e. The number of anilines is 1. The first-order valence-corrected chi connectivity index (χ1v) is 12.5. The summed E-state index contributed by atoms with van der Waals surface area (Å²) in [6.45, 7) is 1.99. The Morgan fingerprint density at radius 1 is 0.879 bits per heavy atom. The average Bonchev–Trinajstić information content (AvgIpc) is 3.28. The van der Waals surface area contributed by atoms with E-state index in [1.807, 2.05) is 91.9 Å². The van der Waals surface area contributed by atoms with E-state index in [2.05, 4.69) is 10.4 Å². The van der Waals surface area contributed by atoms with E-state index >= 15 is 0 Å². The second-order valence-electron chi connectivity index (χ2n) is 8.30. The average molecular weight is 458 g/mol. The first-order valence-electron chi connectivity index (χ1n) is 10.7. The summed E-state index contributed by atoms with van der Waals surface area (Å²) in [5.41, 5.74) is 4.61. The highest BCUT2D eigenvalue weighted by atomic mass is 32.2. The second kappa shape index (κ2) is 8.33. The Morgan fingerprint density at radius 3 is 2.03 bits per heavy atom. The van der Waals surface area contributed by atoms with Gasteiger partial charge in [-0.3, -0.25) is 4.79 Å². The molecule has 1 amide bonds. The monoisotopic (exact) mass is 457 g/mol. The van der Waals surface area contributed by atoms with Gasteiger partial charge in [0.25, 0.3) is 0 Å². The van der Waals surface area contributed by atoms with Crippen molar-refractivity contribution in [3.05, 3.63) is 113 Å². The summed E-state index contributed by atoms with van der Waals surface area (Å²) in [6, 6.07) is 26.8. The number of sulfone groups is 1. The highest BCUT2D eigenvalue weighted by molar-refractivity contribution is 7.90. The van der Waals surface area contributed by atoms with Gasteiger partial charge in [-0.1, -0.05) is 78.4 Å². The normalized spacial score (nSPS) is 14.2. The number of nitrogens with one attached hydrogen (secondary N) is 1. The molecule has 3 aromatic carbocycles. The van der Waals surface area contributed by atoms with E-state index in [0.717, 1.165) is 22.4 Å². The number of carbonyl (C=O) groups is 1. The first-order chi connectivity index (χ1) is 15.9. The molecule has 33 heavy (non-hydrogen) atoms. The fourth-order valence-electron chi connectivity index (χ4n) is 4.22. The summed E-state index contributed by atoms with van der Waals surface area (Å²) in [6.07, 6.45) is 0. The van der Waals surface area contributed by atoms with Crippen LogP contribution in [0.2, 0.25) is 0 Å². The van der Waals surface area contributed by atoms with Gasteiger partial charge in [-0.25, -0.2) is 13.1 Å². The predicted octanol–water partition coefficient (Wildman–Crippen LogP) is 4.38. The number of hydrogen-bond donors (Lipinski definition) is 1. The van der Waals surface area contributed by atoms with Crippen molar-refractivity contribution >= 4 is 21.6 Å². The van der Waals surface area contributed by atoms with Crippen LogP contribution in [0.15, 0.2) is 84.9 Å². The van der Waals surface area contributed by atoms with Gasteiger partial charge in [-0.05, 0) is 30.2 Å². The maximum absolute atomic E-state index is 13.7. The Kier molecular flexibility index (Phi) is 5.34. The molecule has 1 aliphatic heterocycles. The number of carbonyl (C=O) groups excluding carboxylic acids is 1. The van der Waals surface area contributed by atoms with Crippen LogP contribution in [-0.4, -0.2) is 24.1 Å². The number of aromatic nitrogens is 2. The molecule has 0 atom stereocenters. The summed E-state index contributed by atoms with van der Waals surface area (Å²) in [5.74, 6) is -0.636. The summed E-state index contributed by atoms with van der Waals surface area (Å²) in [7, 11) is -3.28. The van der Waals surface area contributed by atoms with Crippen molar-refractivity contribution in [2.75, 3.05) is 5.32 Å². The zero-order chi connectivity index (χ0) is 23.0. The fraction of sp³-hybridized carbons (Fsp3) is 0.154. The maximum Gasteiger partial charge on any atom is 0.237 e. The van der Waals surface area contributed by atoms with Gasteiger partial charge in [0.05, 0.1) is 28.8 Å². The lowest BCUT2D eigenvalue weighted by molar-refractivity contribution is -0.116. The molecule has 2 heterocycles. The number of rotatable bonds is 5. The lowest BCUT2D eigenvalue weighted by Crippen LogP contribution is -2.24. The SMILES string of the molecule is Cc1ccc(-n2nc3c(c2NC(=O)C(c2ccccc2)c2ccccc2)CS(=O)(=O)C3)cc1. The Balaban J connectivity index is 1.59. The molecule has 1 aliphatic rings. The highest BCUT2D eigenvalue weighted by Gasteiger charge is 2.34. The van der Waals surface area contributed by atoms with Gasteiger partial charge < -0.3 is 5.32 Å². The minimum Gasteiger partial charge on any atom is -0.309 e. The van der Waals surface area contributed by atoms with Crippen LogP contribution in [0.1, 0.15) is 33.9 Å². The zero-order valence-electron chi connectivity index (χ0n) is 18.1. The molecule has 0 unspecified atom stereocenters. The van der Waals surface area contributed by atoms with Gasteiger partial charge in [0.2, 0.25) is 5.91 Å². The molecular formula is C26H23N3O3S. The largest absolute Gasteiger partial charge is 0.309 e. The topological polar surface area (TPSA) is 81.1 Å². The molecule has 0 aliphatic carbocycles. The molecule has 1 aromatic heterocycles. The Morgan fingerprint density at radius 2 is 1.45 bits per heavy atom. The van der Waals surface area contributed by atoms with Crippen LogP contribution in [-0.2, 0) is 26.1 Å². The molecule has 7 heteroatoms. The van der Waals surface area contributed by atoms with Crippen LogP contribution < -0.4 is 5.32 Å². The van der Waals surface area contributed by atoms with Gasteiger partial charge in [0.15, 0.2) is 9.84 Å². The van der Waals surface area contributed by atoms with Crippen molar-refractivity contribution in [3.63, 3.8) is 0 Å². The van der Waals surface area contributed by atoms with Crippen LogP contribution in [0.3, 0.4) is 0 Å². The number of fused-ring (bicyclic) bond motifs is 1. The van der Waals surface area contributed by atoms with Crippen molar-refractivity contribution in [3.8, 4) is 5.69 Å². The minimum atomic E-state index is -3.28. The summed E-state index contributed by atoms with van der Waals surface area (Å²) < 4.78 is 26.2. The van der Waals surface area contributed by atoms with E-state index < -0.39 is 15.8 Å². The maximum atomic E-state index is 13.7. The van der Waals surface area contributed by atoms with Gasteiger partial charge in [-0.2, -0.15) is 5.10 Å². The van der Waals surface area contributed by atoms with E-state index in [0.29, 0.717) is 17.1 Å². The molecule has 0 bridgehead atoms. The zero-order valence-corrected chi connectivity index (χ0v) is 18.9. The molecule has 0 spiro atoms. The van der Waals surface area contributed by atoms with Crippen molar-refractivity contribution in [2.24, 2.45) is 0 Å². The summed E-state index contributed by atoms with van der Waals surface area (Å²) in [4.78, 5) is 13.7. The van der Waals surface area contributed by atoms with Crippen LogP contribution in [0, 0.1) is 6.92 Å². The molecule has 1 N–H and O–H groups in total. The standard InChI is InChI=1S/C26H23N3O3S/c1-18-12-14-21(15-13-18)29-25(22-16-33(31,32)17-23(22)28-29)27-26(30)24(19-8-4-2-5-9-19)20-10-6-3-7-11-20/h2-15,24H,16-17H2,1H3,(H,27,30). The van der Waals surface area contributed by atoms with Gasteiger partial charge in [-0.15, -0.1) is 0 Å². The van der Waals surface area contributed by atoms with Crippen molar-refractivity contribution in [2.45, 2.75) is 24.3 Å². The number of hydrogen-bond acceptors (Lipinski definition) is 4. The molecule has 0 saturated heterocycles. The van der Waals surface area contributed by atoms with E-state index in [9.17, 15) is 13.2 Å². The molecule has 6 nitrogen and oxygen atoms in total. The summed E-state index contributed by atoms with van der Waals surface area (Å²) >= 11 is 0. The summed E-state index contributed by atoms with van der Waals surface area (Å²) in [5, 5.41) is 7.60. The molecule has 0 radical (unpaired) electrons. The number of amides is 1. The van der Waals surface area contributed by atoms with Gasteiger partial charge in [0.1, 0.15) is 5.82 Å². The van der Waals surface area contributed by atoms with Crippen molar-refractivity contribution in [1.29, 1.82) is 0 Å². The molecule has 4 aromatic rings. The molecular weight excluding hydrogens is 434 g/mol. The molecule has 0 saturated carbocycles. The minimum absolute atomic E-state index is 0.120. The Hall–Kier alpha value is -3.71. The van der Waals surface area contributed by atoms with E-state index in [1.165, 1.54) is 0 Å². The van der Waals surface area contributed by atoms with Crippen molar-refractivity contribution < 1.29 is 13.2 Å². The third kappa shape index (κ3) is 4.19. The van der Waals surface area contributed by atoms with E-state index in [4.69, 9.17) is 0 Å². The lowest BCUT2D eigenvalue weighted by atomic mass is 9.90. The number of aryl methyl sites for hydroxylation is 1. The first kappa shape index (κ1) is 21.2. The van der Waals surface area contributed by atoms with Gasteiger partial charge >= 0.3 is 0 Å². The number of nitrogens with zero attached hydrogens (tertiary/aromatic N) is 2. The van der Waals surface area contributed by atoms with Gasteiger partial charge in [0, 0.05) is 5.56 Å². The lowest BCUT2D eigenvalue weighted by Gasteiger charge is -2.19. The second-order valence-corrected chi connectivity index (χ2v) is 10.4. The van der Waals surface area contributed by atoms with E-state index in [1.54, 1.807) is 4.68 Å². The molecule has 166 valence electrons. The van der Waals surface area contributed by atoms with Crippen molar-refractivity contribution in [1.82, 2.24) is 9.78 Å². The van der Waals surface area contributed by atoms with Crippen LogP contribution in [0.25, 0.3) is 5.69 Å².